The van der Waals surface area contributed by atoms with Crippen LogP contribution in [0.2, 0.25) is 0 Å². The van der Waals surface area contributed by atoms with Gasteiger partial charge in [0.15, 0.2) is 0 Å². The summed E-state index contributed by atoms with van der Waals surface area (Å²) in [6.07, 6.45) is 0. The minimum absolute atomic E-state index is 0.527. The maximum absolute atomic E-state index is 5.07. The fourth-order valence-corrected chi connectivity index (χ4v) is 1.63. The molecule has 0 amide bonds. The van der Waals surface area contributed by atoms with E-state index >= 15 is 0 Å². The summed E-state index contributed by atoms with van der Waals surface area (Å²) in [5.74, 6) is 0.527. The van der Waals surface area contributed by atoms with Crippen molar-refractivity contribution in [1.82, 2.24) is 0 Å². The van der Waals surface area contributed by atoms with Gasteiger partial charge in [0.1, 0.15) is 0 Å². The zero-order valence-corrected chi connectivity index (χ0v) is 10.2. The Morgan fingerprint density at radius 1 is 1.50 bits per heavy atom. The van der Waals surface area contributed by atoms with Crippen LogP contribution in [0, 0.1) is 5.92 Å². The third kappa shape index (κ3) is 4.11. The molecule has 0 aliphatic carbocycles. The van der Waals surface area contributed by atoms with Crippen LogP contribution < -0.4 is 5.32 Å². The lowest BCUT2D eigenvalue weighted by molar-refractivity contribution is 0.164. The average molecular weight is 258 g/mol. The Morgan fingerprint density at radius 3 is 2.93 bits per heavy atom. The molecule has 14 heavy (non-hydrogen) atoms. The highest BCUT2D eigenvalue weighted by molar-refractivity contribution is 9.10. The van der Waals surface area contributed by atoms with Crippen molar-refractivity contribution >= 4 is 21.6 Å². The zero-order chi connectivity index (χ0) is 10.4. The molecule has 0 fully saturated rings. The third-order valence-electron chi connectivity index (χ3n) is 1.93. The average Bonchev–Trinajstić information content (AvgIpc) is 2.15. The van der Waals surface area contributed by atoms with Crippen molar-refractivity contribution in [2.75, 3.05) is 25.6 Å². The minimum Gasteiger partial charge on any atom is -0.385 e. The molecule has 78 valence electrons. The van der Waals surface area contributed by atoms with Gasteiger partial charge in [0.25, 0.3) is 0 Å². The standard InChI is InChI=1S/C11H16BrNO/c1-9(8-14-2)7-13-11-5-3-4-10(12)6-11/h3-6,9,13H,7-8H2,1-2H3. The van der Waals surface area contributed by atoms with Gasteiger partial charge in [-0.1, -0.05) is 28.9 Å². The summed E-state index contributed by atoms with van der Waals surface area (Å²) in [5, 5.41) is 3.36. The van der Waals surface area contributed by atoms with Gasteiger partial charge in [-0.2, -0.15) is 0 Å². The van der Waals surface area contributed by atoms with Crippen LogP contribution in [-0.2, 0) is 4.74 Å². The summed E-state index contributed by atoms with van der Waals surface area (Å²) < 4.78 is 6.17. The lowest BCUT2D eigenvalue weighted by atomic mass is 10.2. The molecular weight excluding hydrogens is 242 g/mol. The molecule has 2 nitrogen and oxygen atoms in total. The van der Waals surface area contributed by atoms with Gasteiger partial charge in [0.2, 0.25) is 0 Å². The predicted octanol–water partition coefficient (Wildman–Crippen LogP) is 3.14. The van der Waals surface area contributed by atoms with Crippen LogP contribution in [0.25, 0.3) is 0 Å². The number of ether oxygens (including phenoxy) is 1. The number of hydrogen-bond acceptors (Lipinski definition) is 2. The highest BCUT2D eigenvalue weighted by atomic mass is 79.9. The molecule has 0 saturated heterocycles. The van der Waals surface area contributed by atoms with Gasteiger partial charge in [-0.25, -0.2) is 0 Å². The molecule has 0 heterocycles. The van der Waals surface area contributed by atoms with E-state index in [2.05, 4.69) is 40.3 Å². The highest BCUT2D eigenvalue weighted by Gasteiger charge is 2.00. The lowest BCUT2D eigenvalue weighted by Crippen LogP contribution is -2.15. The van der Waals surface area contributed by atoms with Gasteiger partial charge >= 0.3 is 0 Å². The fraction of sp³-hybridized carbons (Fsp3) is 0.455. The van der Waals surface area contributed by atoms with E-state index < -0.39 is 0 Å². The number of methoxy groups -OCH3 is 1. The fourth-order valence-electron chi connectivity index (χ4n) is 1.23. The lowest BCUT2D eigenvalue weighted by Gasteiger charge is -2.12. The number of nitrogens with one attached hydrogen (secondary N) is 1. The quantitative estimate of drug-likeness (QED) is 0.876. The van der Waals surface area contributed by atoms with E-state index in [1.54, 1.807) is 7.11 Å². The SMILES string of the molecule is COCC(C)CNc1cccc(Br)c1. The van der Waals surface area contributed by atoms with Crippen molar-refractivity contribution in [3.05, 3.63) is 28.7 Å². The summed E-state index contributed by atoms with van der Waals surface area (Å²) in [7, 11) is 1.73. The molecular formula is C11H16BrNO. The van der Waals surface area contributed by atoms with Gasteiger partial charge in [-0.05, 0) is 24.1 Å². The first-order valence-corrected chi connectivity index (χ1v) is 5.50. The largest absolute Gasteiger partial charge is 0.385 e. The van der Waals surface area contributed by atoms with Crippen molar-refractivity contribution < 1.29 is 4.74 Å². The van der Waals surface area contributed by atoms with Gasteiger partial charge in [-0.3, -0.25) is 0 Å². The summed E-state index contributed by atoms with van der Waals surface area (Å²) in [4.78, 5) is 0. The molecule has 0 aliphatic rings. The van der Waals surface area contributed by atoms with E-state index in [1.165, 1.54) is 0 Å². The van der Waals surface area contributed by atoms with Crippen molar-refractivity contribution in [2.45, 2.75) is 6.92 Å². The molecule has 3 heteroatoms. The van der Waals surface area contributed by atoms with Crippen molar-refractivity contribution in [1.29, 1.82) is 0 Å². The van der Waals surface area contributed by atoms with Gasteiger partial charge in [0, 0.05) is 23.8 Å². The molecule has 0 bridgehead atoms. The van der Waals surface area contributed by atoms with Crippen LogP contribution in [-0.4, -0.2) is 20.3 Å². The molecule has 0 aromatic heterocycles. The molecule has 0 aliphatic heterocycles. The van der Waals surface area contributed by atoms with Crippen LogP contribution in [0.1, 0.15) is 6.92 Å². The topological polar surface area (TPSA) is 21.3 Å². The normalized spacial score (nSPS) is 12.5. The Kier molecular flexibility index (Phi) is 4.98. The summed E-state index contributed by atoms with van der Waals surface area (Å²) >= 11 is 3.44. The van der Waals surface area contributed by atoms with Crippen LogP contribution >= 0.6 is 15.9 Å². The summed E-state index contributed by atoms with van der Waals surface area (Å²) in [6, 6.07) is 8.17. The Balaban J connectivity index is 2.37. The van der Waals surface area contributed by atoms with Crippen molar-refractivity contribution in [3.8, 4) is 0 Å². The molecule has 0 saturated carbocycles. The molecule has 1 aromatic rings. The number of rotatable bonds is 5. The van der Waals surface area contributed by atoms with Crippen LogP contribution in [0.4, 0.5) is 5.69 Å². The second-order valence-corrected chi connectivity index (χ2v) is 4.37. The minimum atomic E-state index is 0.527. The van der Waals surface area contributed by atoms with Gasteiger partial charge in [0.05, 0.1) is 6.61 Å². The van der Waals surface area contributed by atoms with Gasteiger partial charge < -0.3 is 10.1 Å². The molecule has 0 spiro atoms. The molecule has 1 atom stereocenters. The number of halogens is 1. The molecule has 1 rings (SSSR count). The summed E-state index contributed by atoms with van der Waals surface area (Å²) in [5.41, 5.74) is 1.14. The second-order valence-electron chi connectivity index (χ2n) is 3.45. The van der Waals surface area contributed by atoms with E-state index in [0.29, 0.717) is 5.92 Å². The smallest absolute Gasteiger partial charge is 0.0504 e. The van der Waals surface area contributed by atoms with Crippen LogP contribution in [0.5, 0.6) is 0 Å². The number of benzene rings is 1. The molecule has 1 aromatic carbocycles. The van der Waals surface area contributed by atoms with Crippen molar-refractivity contribution in [3.63, 3.8) is 0 Å². The predicted molar refractivity (Wildman–Crippen MR) is 63.7 cm³/mol. The Bertz CT molecular complexity index is 278. The number of anilines is 1. The number of hydrogen-bond donors (Lipinski definition) is 1. The van der Waals surface area contributed by atoms with Crippen LogP contribution in [0.15, 0.2) is 28.7 Å². The monoisotopic (exact) mass is 257 g/mol. The van der Waals surface area contributed by atoms with Gasteiger partial charge in [-0.15, -0.1) is 0 Å². The summed E-state index contributed by atoms with van der Waals surface area (Å²) in [6.45, 7) is 3.89. The Hall–Kier alpha value is -0.540. The van der Waals surface area contributed by atoms with E-state index in [9.17, 15) is 0 Å². The van der Waals surface area contributed by atoms with E-state index in [-0.39, 0.29) is 0 Å². The zero-order valence-electron chi connectivity index (χ0n) is 8.59. The van der Waals surface area contributed by atoms with Crippen LogP contribution in [0.3, 0.4) is 0 Å². The molecule has 0 radical (unpaired) electrons. The molecule has 1 unspecified atom stereocenters. The molecule has 1 N–H and O–H groups in total. The maximum Gasteiger partial charge on any atom is 0.0504 e. The highest BCUT2D eigenvalue weighted by Crippen LogP contribution is 2.15. The van der Waals surface area contributed by atoms with Crippen molar-refractivity contribution in [2.24, 2.45) is 5.92 Å². The first-order valence-electron chi connectivity index (χ1n) is 4.70. The Morgan fingerprint density at radius 2 is 2.29 bits per heavy atom. The van der Waals surface area contributed by atoms with E-state index in [1.807, 2.05) is 12.1 Å². The second kappa shape index (κ2) is 6.04. The Labute approximate surface area is 93.8 Å². The first kappa shape index (κ1) is 11.5. The third-order valence-corrected chi connectivity index (χ3v) is 2.42. The van der Waals surface area contributed by atoms with E-state index in [0.717, 1.165) is 23.3 Å². The van der Waals surface area contributed by atoms with E-state index in [4.69, 9.17) is 4.74 Å². The first-order chi connectivity index (χ1) is 6.72. The maximum atomic E-state index is 5.07.